The van der Waals surface area contributed by atoms with Crippen molar-refractivity contribution in [2.45, 2.75) is 39.5 Å². The van der Waals surface area contributed by atoms with Crippen LogP contribution in [0.5, 0.6) is 5.75 Å². The molecule has 0 aliphatic rings. The van der Waals surface area contributed by atoms with Crippen molar-refractivity contribution in [1.82, 2.24) is 4.98 Å². The predicted molar refractivity (Wildman–Crippen MR) is 118 cm³/mol. The average Bonchev–Trinajstić information content (AvgIpc) is 2.72. The van der Waals surface area contributed by atoms with Crippen LogP contribution in [0.1, 0.15) is 31.9 Å². The maximum atomic E-state index is 11.9. The topological polar surface area (TPSA) is 51.7 Å². The minimum atomic E-state index is -0.523. The zero-order chi connectivity index (χ0) is 21.4. The lowest BCUT2D eigenvalue weighted by molar-refractivity contribution is -0.157. The lowest BCUT2D eigenvalue weighted by Gasteiger charge is -2.25. The molecule has 0 fully saturated rings. The van der Waals surface area contributed by atoms with Crippen LogP contribution in [0.25, 0.3) is 0 Å². The molecule has 0 atom stereocenters. The van der Waals surface area contributed by atoms with Gasteiger partial charge in [-0.15, -0.1) is 0 Å². The van der Waals surface area contributed by atoms with E-state index in [4.69, 9.17) is 9.47 Å². The summed E-state index contributed by atoms with van der Waals surface area (Å²) < 4.78 is 11.0. The summed E-state index contributed by atoms with van der Waals surface area (Å²) in [6.07, 6.45) is 3.60. The maximum absolute atomic E-state index is 11.9. The molecule has 3 aromatic rings. The van der Waals surface area contributed by atoms with Gasteiger partial charge in [-0.05, 0) is 56.2 Å². The van der Waals surface area contributed by atoms with E-state index in [1.807, 2.05) is 69.3 Å². The number of esters is 1. The molecule has 0 bridgehead atoms. The van der Waals surface area contributed by atoms with Crippen molar-refractivity contribution >= 4 is 11.7 Å². The summed E-state index contributed by atoms with van der Waals surface area (Å²) in [7, 11) is 0. The lowest BCUT2D eigenvalue weighted by atomic mass is 10.1. The summed E-state index contributed by atoms with van der Waals surface area (Å²) in [5.74, 6) is 0.267. The molecule has 5 heteroatoms. The van der Waals surface area contributed by atoms with Crippen molar-refractivity contribution in [2.75, 3.05) is 11.5 Å². The number of aromatic nitrogens is 1. The van der Waals surface area contributed by atoms with Crippen LogP contribution in [-0.2, 0) is 22.6 Å². The summed E-state index contributed by atoms with van der Waals surface area (Å²) in [5, 5.41) is 0. The first-order valence-corrected chi connectivity index (χ1v) is 10.0. The third kappa shape index (κ3) is 6.92. The highest BCUT2D eigenvalue weighted by atomic mass is 16.6. The summed E-state index contributed by atoms with van der Waals surface area (Å²) in [4.78, 5) is 18.3. The van der Waals surface area contributed by atoms with Gasteiger partial charge in [0.05, 0.1) is 0 Å². The molecule has 1 aromatic heterocycles. The largest absolute Gasteiger partial charge is 0.482 e. The Morgan fingerprint density at radius 3 is 2.27 bits per heavy atom. The van der Waals surface area contributed by atoms with Gasteiger partial charge < -0.3 is 14.4 Å². The van der Waals surface area contributed by atoms with Crippen LogP contribution in [0.15, 0.2) is 79.1 Å². The first-order valence-electron chi connectivity index (χ1n) is 10.0. The summed E-state index contributed by atoms with van der Waals surface area (Å²) in [6, 6.07) is 22.2. The second-order valence-electron chi connectivity index (χ2n) is 8.07. The molecule has 0 radical (unpaired) electrons. The minimum Gasteiger partial charge on any atom is -0.482 e. The molecule has 1 heterocycles. The predicted octanol–water partition coefficient (Wildman–Crippen LogP) is 5.01. The van der Waals surface area contributed by atoms with Gasteiger partial charge in [-0.3, -0.25) is 4.98 Å². The summed E-state index contributed by atoms with van der Waals surface area (Å²) in [6.45, 7) is 6.87. The highest BCUT2D eigenvalue weighted by Gasteiger charge is 2.16. The van der Waals surface area contributed by atoms with E-state index in [0.29, 0.717) is 12.3 Å². The molecule has 0 amide bonds. The fourth-order valence-electron chi connectivity index (χ4n) is 3.06. The van der Waals surface area contributed by atoms with E-state index < -0.39 is 5.60 Å². The molecule has 0 aliphatic heterocycles. The fourth-order valence-corrected chi connectivity index (χ4v) is 3.06. The van der Waals surface area contributed by atoms with Crippen LogP contribution < -0.4 is 9.64 Å². The highest BCUT2D eigenvalue weighted by Crippen LogP contribution is 2.22. The fraction of sp³-hybridized carbons (Fsp3) is 0.280. The second-order valence-corrected chi connectivity index (χ2v) is 8.07. The van der Waals surface area contributed by atoms with Crippen LogP contribution in [-0.4, -0.2) is 23.2 Å². The van der Waals surface area contributed by atoms with Crippen LogP contribution >= 0.6 is 0 Å². The zero-order valence-electron chi connectivity index (χ0n) is 17.7. The van der Waals surface area contributed by atoms with E-state index in [0.717, 1.165) is 17.8 Å². The van der Waals surface area contributed by atoms with Crippen LogP contribution in [0.2, 0.25) is 0 Å². The quantitative estimate of drug-likeness (QED) is 0.494. The van der Waals surface area contributed by atoms with Crippen molar-refractivity contribution in [3.05, 3.63) is 90.3 Å². The van der Waals surface area contributed by atoms with Crippen molar-refractivity contribution in [3.63, 3.8) is 0 Å². The Balaban J connectivity index is 1.70. The van der Waals surface area contributed by atoms with Crippen LogP contribution in [0, 0.1) is 0 Å². The number of carbonyl (C=O) groups is 1. The number of carbonyl (C=O) groups excluding carboxylic acids is 1. The van der Waals surface area contributed by atoms with E-state index in [1.165, 1.54) is 5.56 Å². The lowest BCUT2D eigenvalue weighted by Crippen LogP contribution is -2.27. The minimum absolute atomic E-state index is 0.112. The Morgan fingerprint density at radius 2 is 1.57 bits per heavy atom. The molecule has 0 saturated heterocycles. The molecular weight excluding hydrogens is 376 g/mol. The third-order valence-corrected chi connectivity index (χ3v) is 4.29. The van der Waals surface area contributed by atoms with Crippen molar-refractivity contribution in [2.24, 2.45) is 0 Å². The van der Waals surface area contributed by atoms with Gasteiger partial charge in [0.15, 0.2) is 6.61 Å². The standard InChI is InChI=1S/C25H28N2O3/c1-25(2,3)30-24(28)19-29-23-11-7-10-21(16-23)18-27(22-12-14-26-15-13-22)17-20-8-5-4-6-9-20/h4-16H,17-19H2,1-3H3. The van der Waals surface area contributed by atoms with E-state index in [-0.39, 0.29) is 12.6 Å². The number of hydrogen-bond acceptors (Lipinski definition) is 5. The first kappa shape index (κ1) is 21.4. The normalized spacial score (nSPS) is 11.0. The van der Waals surface area contributed by atoms with Gasteiger partial charge >= 0.3 is 5.97 Å². The molecule has 30 heavy (non-hydrogen) atoms. The van der Waals surface area contributed by atoms with Gasteiger partial charge in [0.2, 0.25) is 0 Å². The number of hydrogen-bond donors (Lipinski definition) is 0. The number of nitrogens with zero attached hydrogens (tertiary/aromatic N) is 2. The van der Waals surface area contributed by atoms with E-state index >= 15 is 0 Å². The summed E-state index contributed by atoms with van der Waals surface area (Å²) in [5.41, 5.74) is 2.88. The van der Waals surface area contributed by atoms with Crippen molar-refractivity contribution in [1.29, 1.82) is 0 Å². The molecule has 2 aromatic carbocycles. The number of rotatable bonds is 8. The number of benzene rings is 2. The third-order valence-electron chi connectivity index (χ3n) is 4.29. The Labute approximate surface area is 178 Å². The van der Waals surface area contributed by atoms with E-state index in [1.54, 1.807) is 12.4 Å². The molecule has 156 valence electrons. The van der Waals surface area contributed by atoms with Crippen molar-refractivity contribution < 1.29 is 14.3 Å². The SMILES string of the molecule is CC(C)(C)OC(=O)COc1cccc(CN(Cc2ccccc2)c2ccncc2)c1. The number of anilines is 1. The average molecular weight is 405 g/mol. The van der Waals surface area contributed by atoms with Crippen molar-refractivity contribution in [3.8, 4) is 5.75 Å². The smallest absolute Gasteiger partial charge is 0.344 e. The molecule has 0 spiro atoms. The summed E-state index contributed by atoms with van der Waals surface area (Å²) >= 11 is 0. The zero-order valence-corrected chi connectivity index (χ0v) is 17.7. The Hall–Kier alpha value is -3.34. The Morgan fingerprint density at radius 1 is 0.900 bits per heavy atom. The van der Waals surface area contributed by atoms with Gasteiger partial charge in [0.1, 0.15) is 11.4 Å². The maximum Gasteiger partial charge on any atom is 0.344 e. The Bertz CT molecular complexity index is 937. The van der Waals surface area contributed by atoms with Gasteiger partial charge in [0, 0.05) is 31.2 Å². The highest BCUT2D eigenvalue weighted by molar-refractivity contribution is 5.71. The van der Waals surface area contributed by atoms with Gasteiger partial charge in [-0.1, -0.05) is 42.5 Å². The molecule has 3 rings (SSSR count). The van der Waals surface area contributed by atoms with Gasteiger partial charge in [-0.25, -0.2) is 4.79 Å². The van der Waals surface area contributed by atoms with E-state index in [2.05, 4.69) is 28.1 Å². The number of ether oxygens (including phenoxy) is 2. The second kappa shape index (κ2) is 9.92. The molecule has 0 aliphatic carbocycles. The monoisotopic (exact) mass is 404 g/mol. The van der Waals surface area contributed by atoms with Gasteiger partial charge in [-0.2, -0.15) is 0 Å². The molecule has 0 N–H and O–H groups in total. The molecule has 5 nitrogen and oxygen atoms in total. The molecule has 0 unspecified atom stereocenters. The molecular formula is C25H28N2O3. The van der Waals surface area contributed by atoms with Gasteiger partial charge in [0.25, 0.3) is 0 Å². The number of pyridine rings is 1. The first-order chi connectivity index (χ1) is 14.4. The Kier molecular flexibility index (Phi) is 7.07. The van der Waals surface area contributed by atoms with Crippen LogP contribution in [0.4, 0.5) is 5.69 Å². The van der Waals surface area contributed by atoms with E-state index in [9.17, 15) is 4.79 Å². The molecule has 0 saturated carbocycles. The van der Waals surface area contributed by atoms with Crippen LogP contribution in [0.3, 0.4) is 0 Å².